The molecule has 2 amide bonds. The molecule has 33 heavy (non-hydrogen) atoms. The first-order chi connectivity index (χ1) is 15.9. The fraction of sp³-hybridized carbons (Fsp3) is 0.160. The number of benzene rings is 2. The average molecular weight is 463 g/mol. The summed E-state index contributed by atoms with van der Waals surface area (Å²) >= 11 is 5.98. The van der Waals surface area contributed by atoms with E-state index in [0.29, 0.717) is 17.3 Å². The fourth-order valence-electron chi connectivity index (χ4n) is 3.49. The van der Waals surface area contributed by atoms with Crippen LogP contribution in [0.25, 0.3) is 5.69 Å². The molecule has 0 atom stereocenters. The first-order valence-electron chi connectivity index (χ1n) is 10.4. The molecule has 2 aromatic carbocycles. The molecule has 2 heterocycles. The number of aryl methyl sites for hydroxylation is 1. The molecule has 7 nitrogen and oxygen atoms in total. The number of hydrogen-bond acceptors (Lipinski definition) is 4. The van der Waals surface area contributed by atoms with Crippen LogP contribution in [0.2, 0.25) is 5.02 Å². The van der Waals surface area contributed by atoms with Gasteiger partial charge in [0.15, 0.2) is 5.76 Å². The highest BCUT2D eigenvalue weighted by Gasteiger charge is 2.16. The number of carbonyl (C=O) groups is 2. The normalized spacial score (nSPS) is 10.8. The summed E-state index contributed by atoms with van der Waals surface area (Å²) in [5.41, 5.74) is 5.09. The predicted molar refractivity (Wildman–Crippen MR) is 127 cm³/mol. The summed E-state index contributed by atoms with van der Waals surface area (Å²) in [5, 5.41) is 11.0. The SMILES string of the molecule is Cc1nn(-c2ccc(Cl)cc2)c(C)c1CC(=O)NCc1ccc(NC(=O)c2ccco2)cc1. The number of furan rings is 1. The van der Waals surface area contributed by atoms with E-state index < -0.39 is 0 Å². The Bertz CT molecular complexity index is 1260. The maximum absolute atomic E-state index is 12.6. The van der Waals surface area contributed by atoms with Gasteiger partial charge in [0.25, 0.3) is 5.91 Å². The molecule has 0 saturated carbocycles. The van der Waals surface area contributed by atoms with Crippen LogP contribution in [0.4, 0.5) is 5.69 Å². The van der Waals surface area contributed by atoms with Gasteiger partial charge in [-0.1, -0.05) is 23.7 Å². The van der Waals surface area contributed by atoms with Crippen molar-refractivity contribution in [1.82, 2.24) is 15.1 Å². The lowest BCUT2D eigenvalue weighted by atomic mass is 10.1. The van der Waals surface area contributed by atoms with Crippen molar-refractivity contribution in [2.45, 2.75) is 26.8 Å². The highest BCUT2D eigenvalue weighted by Crippen LogP contribution is 2.20. The van der Waals surface area contributed by atoms with E-state index in [4.69, 9.17) is 16.0 Å². The third-order valence-electron chi connectivity index (χ3n) is 5.30. The number of hydrogen-bond donors (Lipinski definition) is 2. The van der Waals surface area contributed by atoms with Gasteiger partial charge in [0, 0.05) is 28.5 Å². The van der Waals surface area contributed by atoms with Gasteiger partial charge in [-0.2, -0.15) is 5.10 Å². The lowest BCUT2D eigenvalue weighted by Crippen LogP contribution is -2.25. The molecule has 0 bridgehead atoms. The van der Waals surface area contributed by atoms with Crippen molar-refractivity contribution in [2.24, 2.45) is 0 Å². The van der Waals surface area contributed by atoms with Gasteiger partial charge in [0.05, 0.1) is 24.1 Å². The van der Waals surface area contributed by atoms with Gasteiger partial charge in [0.1, 0.15) is 0 Å². The molecule has 2 N–H and O–H groups in total. The molecule has 0 aliphatic heterocycles. The Kier molecular flexibility index (Phi) is 6.60. The van der Waals surface area contributed by atoms with Gasteiger partial charge >= 0.3 is 0 Å². The number of halogens is 1. The van der Waals surface area contributed by atoms with Crippen molar-refractivity contribution in [3.63, 3.8) is 0 Å². The van der Waals surface area contributed by atoms with Gasteiger partial charge in [-0.3, -0.25) is 9.59 Å². The molecule has 0 unspecified atom stereocenters. The maximum Gasteiger partial charge on any atom is 0.291 e. The van der Waals surface area contributed by atoms with Crippen LogP contribution in [-0.2, 0) is 17.8 Å². The molecule has 0 fully saturated rings. The third kappa shape index (κ3) is 5.32. The van der Waals surface area contributed by atoms with Crippen LogP contribution >= 0.6 is 11.6 Å². The second-order valence-corrected chi connectivity index (χ2v) is 8.06. The molecule has 0 saturated heterocycles. The fourth-order valence-corrected chi connectivity index (χ4v) is 3.62. The smallest absolute Gasteiger partial charge is 0.291 e. The molecule has 4 rings (SSSR count). The lowest BCUT2D eigenvalue weighted by molar-refractivity contribution is -0.120. The van der Waals surface area contributed by atoms with Crippen molar-refractivity contribution < 1.29 is 14.0 Å². The minimum atomic E-state index is -0.314. The van der Waals surface area contributed by atoms with E-state index in [1.807, 2.05) is 54.9 Å². The molecule has 0 spiro atoms. The average Bonchev–Trinajstić information content (AvgIpc) is 3.44. The molecular weight excluding hydrogens is 440 g/mol. The Morgan fingerprint density at radius 1 is 1.03 bits per heavy atom. The molecule has 0 radical (unpaired) electrons. The highest BCUT2D eigenvalue weighted by molar-refractivity contribution is 6.30. The van der Waals surface area contributed by atoms with Crippen LogP contribution < -0.4 is 10.6 Å². The van der Waals surface area contributed by atoms with E-state index >= 15 is 0 Å². The maximum atomic E-state index is 12.6. The molecule has 0 aliphatic rings. The minimum Gasteiger partial charge on any atom is -0.459 e. The van der Waals surface area contributed by atoms with Crippen LogP contribution in [-0.4, -0.2) is 21.6 Å². The lowest BCUT2D eigenvalue weighted by Gasteiger charge is -2.08. The molecule has 4 aromatic rings. The monoisotopic (exact) mass is 462 g/mol. The molecule has 0 aliphatic carbocycles. The van der Waals surface area contributed by atoms with Crippen molar-refractivity contribution in [1.29, 1.82) is 0 Å². The zero-order valence-electron chi connectivity index (χ0n) is 18.3. The number of aromatic nitrogens is 2. The predicted octanol–water partition coefficient (Wildman–Crippen LogP) is 4.85. The van der Waals surface area contributed by atoms with Crippen LogP contribution in [0.15, 0.2) is 71.3 Å². The third-order valence-corrected chi connectivity index (χ3v) is 5.55. The molecular formula is C25H23ClN4O3. The van der Waals surface area contributed by atoms with Crippen molar-refractivity contribution >= 4 is 29.1 Å². The van der Waals surface area contributed by atoms with E-state index in [1.54, 1.807) is 24.3 Å². The van der Waals surface area contributed by atoms with Gasteiger partial charge in [-0.05, 0) is 67.9 Å². The topological polar surface area (TPSA) is 89.2 Å². The summed E-state index contributed by atoms with van der Waals surface area (Å²) in [6.45, 7) is 4.24. The number of rotatable bonds is 7. The second kappa shape index (κ2) is 9.75. The largest absolute Gasteiger partial charge is 0.459 e. The summed E-state index contributed by atoms with van der Waals surface area (Å²) in [6.07, 6.45) is 1.69. The van der Waals surface area contributed by atoms with Crippen LogP contribution in [0.3, 0.4) is 0 Å². The summed E-state index contributed by atoms with van der Waals surface area (Å²) in [6, 6.07) is 18.0. The minimum absolute atomic E-state index is 0.0907. The van der Waals surface area contributed by atoms with Crippen LogP contribution in [0.5, 0.6) is 0 Å². The molecule has 2 aromatic heterocycles. The Morgan fingerprint density at radius 2 is 1.76 bits per heavy atom. The Morgan fingerprint density at radius 3 is 2.42 bits per heavy atom. The van der Waals surface area contributed by atoms with Gasteiger partial charge in [-0.25, -0.2) is 4.68 Å². The van der Waals surface area contributed by atoms with E-state index in [0.717, 1.165) is 28.2 Å². The quantitative estimate of drug-likeness (QED) is 0.411. The zero-order chi connectivity index (χ0) is 23.4. The van der Waals surface area contributed by atoms with Crippen LogP contribution in [0, 0.1) is 13.8 Å². The number of nitrogens with one attached hydrogen (secondary N) is 2. The zero-order valence-corrected chi connectivity index (χ0v) is 19.0. The van der Waals surface area contributed by atoms with Gasteiger partial charge in [0.2, 0.25) is 5.91 Å². The van der Waals surface area contributed by atoms with E-state index in [2.05, 4.69) is 15.7 Å². The standard InChI is InChI=1S/C25H23ClN4O3/c1-16-22(17(2)30(29-16)21-11-7-19(26)8-12-21)14-24(31)27-15-18-5-9-20(10-6-18)28-25(32)23-4-3-13-33-23/h3-13H,14-15H2,1-2H3,(H,27,31)(H,28,32). The Labute approximate surface area is 196 Å². The first-order valence-corrected chi connectivity index (χ1v) is 10.8. The second-order valence-electron chi connectivity index (χ2n) is 7.62. The molecule has 168 valence electrons. The van der Waals surface area contributed by atoms with E-state index in [-0.39, 0.29) is 24.0 Å². The summed E-state index contributed by atoms with van der Waals surface area (Å²) in [5.74, 6) is -0.158. The van der Waals surface area contributed by atoms with Crippen molar-refractivity contribution in [3.8, 4) is 5.69 Å². The van der Waals surface area contributed by atoms with Crippen molar-refractivity contribution in [2.75, 3.05) is 5.32 Å². The van der Waals surface area contributed by atoms with Crippen LogP contribution in [0.1, 0.15) is 33.1 Å². The number of nitrogens with zero attached hydrogens (tertiary/aromatic N) is 2. The van der Waals surface area contributed by atoms with Gasteiger partial charge in [-0.15, -0.1) is 0 Å². The van der Waals surface area contributed by atoms with Crippen molar-refractivity contribution in [3.05, 3.63) is 100 Å². The summed E-state index contributed by atoms with van der Waals surface area (Å²) in [7, 11) is 0. The summed E-state index contributed by atoms with van der Waals surface area (Å²) < 4.78 is 6.91. The number of anilines is 1. The highest BCUT2D eigenvalue weighted by atomic mass is 35.5. The number of amides is 2. The Hall–Kier alpha value is -3.84. The Balaban J connectivity index is 1.34. The molecule has 8 heteroatoms. The number of carbonyl (C=O) groups excluding carboxylic acids is 2. The van der Waals surface area contributed by atoms with Gasteiger partial charge < -0.3 is 15.1 Å². The first kappa shape index (κ1) is 22.4. The summed E-state index contributed by atoms with van der Waals surface area (Å²) in [4.78, 5) is 24.6. The van der Waals surface area contributed by atoms with E-state index in [9.17, 15) is 9.59 Å². The van der Waals surface area contributed by atoms with E-state index in [1.165, 1.54) is 6.26 Å².